The van der Waals surface area contributed by atoms with Crippen molar-refractivity contribution in [2.45, 2.75) is 44.7 Å². The zero-order valence-corrected chi connectivity index (χ0v) is 16.4. The summed E-state index contributed by atoms with van der Waals surface area (Å²) in [7, 11) is 0. The Kier molecular flexibility index (Phi) is 5.06. The molecule has 1 aromatic heterocycles. The second-order valence-corrected chi connectivity index (χ2v) is 7.75. The maximum atomic E-state index is 13.3. The van der Waals surface area contributed by atoms with Crippen molar-refractivity contribution in [1.82, 2.24) is 9.88 Å². The molecule has 2 aromatic rings. The van der Waals surface area contributed by atoms with E-state index in [0.29, 0.717) is 25.0 Å². The highest BCUT2D eigenvalue weighted by Crippen LogP contribution is 2.52. The van der Waals surface area contributed by atoms with Crippen LogP contribution in [0.4, 0.5) is 0 Å². The standard InChI is InChI=1S/C23H23N3O3/c1-2-29-22(28)23(12-16-6-4-3-5-7-16)13-19-10-11-20(23)26(19)21(27)17-8-9-18(14-24)25-15-17/h3-9,15,19-20H,2,10-13H2,1H3/t19-,20+,23+/m1/s1. The lowest BCUT2D eigenvalue weighted by Crippen LogP contribution is -2.47. The van der Waals surface area contributed by atoms with Crippen molar-refractivity contribution in [3.05, 3.63) is 65.5 Å². The molecule has 6 nitrogen and oxygen atoms in total. The van der Waals surface area contributed by atoms with Gasteiger partial charge in [0.05, 0.1) is 17.6 Å². The highest BCUT2D eigenvalue weighted by atomic mass is 16.5. The fraction of sp³-hybridized carbons (Fsp3) is 0.391. The van der Waals surface area contributed by atoms with E-state index < -0.39 is 5.41 Å². The first-order valence-electron chi connectivity index (χ1n) is 9.99. The van der Waals surface area contributed by atoms with Crippen molar-refractivity contribution in [2.75, 3.05) is 6.61 Å². The third-order valence-corrected chi connectivity index (χ3v) is 6.14. The SMILES string of the molecule is CCOC(=O)[C@@]1(Cc2ccccc2)C[C@H]2CC[C@@H]1N2C(=O)c1ccc(C#N)nc1. The monoisotopic (exact) mass is 389 g/mol. The summed E-state index contributed by atoms with van der Waals surface area (Å²) in [5, 5.41) is 8.93. The number of rotatable bonds is 5. The summed E-state index contributed by atoms with van der Waals surface area (Å²) in [4.78, 5) is 32.3. The normalized spacial score (nSPS) is 24.9. The average Bonchev–Trinajstić information content (AvgIpc) is 3.30. The fourth-order valence-electron chi connectivity index (χ4n) is 4.94. The van der Waals surface area contributed by atoms with Crippen molar-refractivity contribution in [1.29, 1.82) is 5.26 Å². The lowest BCUT2D eigenvalue weighted by atomic mass is 9.70. The van der Waals surface area contributed by atoms with E-state index in [9.17, 15) is 9.59 Å². The number of carbonyl (C=O) groups excluding carboxylic acids is 2. The van der Waals surface area contributed by atoms with Crippen LogP contribution < -0.4 is 0 Å². The van der Waals surface area contributed by atoms with Crippen LogP contribution in [0.3, 0.4) is 0 Å². The summed E-state index contributed by atoms with van der Waals surface area (Å²) < 4.78 is 5.49. The highest BCUT2D eigenvalue weighted by Gasteiger charge is 2.62. The summed E-state index contributed by atoms with van der Waals surface area (Å²) in [6, 6.07) is 14.9. The van der Waals surface area contributed by atoms with Gasteiger partial charge in [-0.1, -0.05) is 30.3 Å². The summed E-state index contributed by atoms with van der Waals surface area (Å²) in [6.07, 6.45) is 4.29. The van der Waals surface area contributed by atoms with Crippen LogP contribution in [0.5, 0.6) is 0 Å². The van der Waals surface area contributed by atoms with Crippen LogP contribution >= 0.6 is 0 Å². The van der Waals surface area contributed by atoms with E-state index in [1.54, 1.807) is 12.1 Å². The van der Waals surface area contributed by atoms with Gasteiger partial charge in [-0.2, -0.15) is 5.26 Å². The molecule has 6 heteroatoms. The molecule has 29 heavy (non-hydrogen) atoms. The quantitative estimate of drug-likeness (QED) is 0.734. The second kappa shape index (κ2) is 7.67. The maximum absolute atomic E-state index is 13.3. The molecule has 1 aromatic carbocycles. The van der Waals surface area contributed by atoms with Crippen molar-refractivity contribution in [3.63, 3.8) is 0 Å². The minimum absolute atomic E-state index is 0.0104. The van der Waals surface area contributed by atoms with Crippen LogP contribution in [-0.4, -0.2) is 40.5 Å². The minimum atomic E-state index is -0.726. The molecule has 2 fully saturated rings. The number of hydrogen-bond donors (Lipinski definition) is 0. The van der Waals surface area contributed by atoms with E-state index in [-0.39, 0.29) is 29.7 Å². The van der Waals surface area contributed by atoms with E-state index in [4.69, 9.17) is 10.00 Å². The minimum Gasteiger partial charge on any atom is -0.465 e. The van der Waals surface area contributed by atoms with E-state index in [1.165, 1.54) is 6.20 Å². The molecule has 3 atom stereocenters. The number of fused-ring (bicyclic) bond motifs is 2. The number of aromatic nitrogens is 1. The number of amides is 1. The Labute approximate surface area is 170 Å². The smallest absolute Gasteiger partial charge is 0.314 e. The fourth-order valence-corrected chi connectivity index (χ4v) is 4.94. The largest absolute Gasteiger partial charge is 0.465 e. The van der Waals surface area contributed by atoms with E-state index in [0.717, 1.165) is 18.4 Å². The summed E-state index contributed by atoms with van der Waals surface area (Å²) in [6.45, 7) is 2.13. The molecule has 0 radical (unpaired) electrons. The van der Waals surface area contributed by atoms with Crippen molar-refractivity contribution in [3.8, 4) is 6.07 Å². The topological polar surface area (TPSA) is 83.3 Å². The van der Waals surface area contributed by atoms with Crippen LogP contribution in [-0.2, 0) is 16.0 Å². The Morgan fingerprint density at radius 2 is 2.03 bits per heavy atom. The van der Waals surface area contributed by atoms with Crippen molar-refractivity contribution < 1.29 is 14.3 Å². The van der Waals surface area contributed by atoms with Gasteiger partial charge < -0.3 is 9.64 Å². The molecular weight excluding hydrogens is 366 g/mol. The van der Waals surface area contributed by atoms with Crippen LogP contribution in [0, 0.1) is 16.7 Å². The number of ether oxygens (including phenoxy) is 1. The molecule has 3 heterocycles. The van der Waals surface area contributed by atoms with Gasteiger partial charge in [0.2, 0.25) is 0 Å². The van der Waals surface area contributed by atoms with Gasteiger partial charge in [0.25, 0.3) is 5.91 Å². The number of benzene rings is 1. The molecule has 0 saturated carbocycles. The Morgan fingerprint density at radius 1 is 1.24 bits per heavy atom. The average molecular weight is 389 g/mol. The molecule has 148 valence electrons. The molecule has 0 spiro atoms. The molecule has 1 amide bonds. The van der Waals surface area contributed by atoms with Gasteiger partial charge in [-0.15, -0.1) is 0 Å². The van der Waals surface area contributed by atoms with E-state index >= 15 is 0 Å². The first kappa shape index (κ1) is 19.1. The predicted octanol–water partition coefficient (Wildman–Crippen LogP) is 3.12. The number of hydrogen-bond acceptors (Lipinski definition) is 5. The van der Waals surface area contributed by atoms with Gasteiger partial charge >= 0.3 is 5.97 Å². The molecule has 2 saturated heterocycles. The van der Waals surface area contributed by atoms with Crippen molar-refractivity contribution >= 4 is 11.9 Å². The zero-order chi connectivity index (χ0) is 20.4. The Balaban J connectivity index is 1.67. The molecule has 0 N–H and O–H groups in total. The third-order valence-electron chi connectivity index (χ3n) is 6.14. The van der Waals surface area contributed by atoms with Gasteiger partial charge in [-0.3, -0.25) is 9.59 Å². The zero-order valence-electron chi connectivity index (χ0n) is 16.4. The second-order valence-electron chi connectivity index (χ2n) is 7.75. The Bertz CT molecular complexity index is 952. The van der Waals surface area contributed by atoms with E-state index in [1.807, 2.05) is 48.2 Å². The summed E-state index contributed by atoms with van der Waals surface area (Å²) in [5.74, 6) is -0.347. The van der Waals surface area contributed by atoms with Gasteiger partial charge in [0.15, 0.2) is 0 Å². The van der Waals surface area contributed by atoms with Gasteiger partial charge in [0, 0.05) is 18.3 Å². The first-order chi connectivity index (χ1) is 14.1. The molecule has 4 rings (SSSR count). The highest BCUT2D eigenvalue weighted by molar-refractivity contribution is 5.96. The van der Waals surface area contributed by atoms with Gasteiger partial charge in [-0.05, 0) is 50.3 Å². The van der Waals surface area contributed by atoms with Crippen molar-refractivity contribution in [2.24, 2.45) is 5.41 Å². The summed E-state index contributed by atoms with van der Waals surface area (Å²) in [5.41, 5.74) is 1.06. The maximum Gasteiger partial charge on any atom is 0.314 e. The lowest BCUT2D eigenvalue weighted by Gasteiger charge is -2.35. The van der Waals surface area contributed by atoms with Crippen LogP contribution in [0.25, 0.3) is 0 Å². The third kappa shape index (κ3) is 3.27. The van der Waals surface area contributed by atoms with Gasteiger partial charge in [-0.25, -0.2) is 4.98 Å². The molecular formula is C23H23N3O3. The number of nitrogens with zero attached hydrogens (tertiary/aromatic N) is 3. The van der Waals surface area contributed by atoms with Crippen LogP contribution in [0.2, 0.25) is 0 Å². The van der Waals surface area contributed by atoms with Gasteiger partial charge in [0.1, 0.15) is 11.8 Å². The molecule has 0 unspecified atom stereocenters. The van der Waals surface area contributed by atoms with Crippen LogP contribution in [0.15, 0.2) is 48.7 Å². The molecule has 2 aliphatic heterocycles. The predicted molar refractivity (Wildman–Crippen MR) is 106 cm³/mol. The number of esters is 1. The molecule has 2 aliphatic rings. The lowest BCUT2D eigenvalue weighted by molar-refractivity contribution is -0.157. The number of carbonyl (C=O) groups is 2. The Morgan fingerprint density at radius 3 is 2.69 bits per heavy atom. The number of nitriles is 1. The summed E-state index contributed by atoms with van der Waals surface area (Å²) >= 11 is 0. The Hall–Kier alpha value is -3.20. The van der Waals surface area contributed by atoms with E-state index in [2.05, 4.69) is 4.98 Å². The first-order valence-corrected chi connectivity index (χ1v) is 9.99. The van der Waals surface area contributed by atoms with Crippen LogP contribution in [0.1, 0.15) is 47.8 Å². The molecule has 2 bridgehead atoms. The number of pyridine rings is 1. The molecule has 0 aliphatic carbocycles.